The molecule has 0 spiro atoms. The van der Waals surface area contributed by atoms with Crippen LogP contribution in [0.25, 0.3) is 0 Å². The molecule has 1 aliphatic rings. The van der Waals surface area contributed by atoms with Gasteiger partial charge in [0.25, 0.3) is 0 Å². The van der Waals surface area contributed by atoms with Gasteiger partial charge in [0.2, 0.25) is 5.91 Å². The van der Waals surface area contributed by atoms with Gasteiger partial charge in [-0.2, -0.15) is 0 Å². The normalized spacial score (nSPS) is 16.5. The summed E-state index contributed by atoms with van der Waals surface area (Å²) in [5.74, 6) is 1.04. The smallest absolute Gasteiger partial charge is 0.236 e. The minimum absolute atomic E-state index is 0.224. The van der Waals surface area contributed by atoms with E-state index < -0.39 is 0 Å². The average Bonchev–Trinajstić information content (AvgIpc) is 2.56. The maximum absolute atomic E-state index is 12.5. The number of hydrogen-bond donors (Lipinski definition) is 1. The first-order valence-electron chi connectivity index (χ1n) is 8.75. The second-order valence-electron chi connectivity index (χ2n) is 6.79. The minimum atomic E-state index is 0.224. The molecule has 128 valence electrons. The third kappa shape index (κ3) is 5.63. The van der Waals surface area contributed by atoms with Crippen molar-refractivity contribution in [1.29, 1.82) is 0 Å². The van der Waals surface area contributed by atoms with Gasteiger partial charge >= 0.3 is 0 Å². The Morgan fingerprint density at radius 3 is 2.65 bits per heavy atom. The van der Waals surface area contributed by atoms with Crippen molar-refractivity contribution in [2.75, 3.05) is 40.3 Å². The highest BCUT2D eigenvalue weighted by atomic mass is 16.2. The van der Waals surface area contributed by atoms with E-state index in [2.05, 4.69) is 29.3 Å². The molecular formula is C19H31N3O. The highest BCUT2D eigenvalue weighted by molar-refractivity contribution is 5.78. The van der Waals surface area contributed by atoms with E-state index in [1.165, 1.54) is 30.4 Å². The molecule has 1 aliphatic heterocycles. The van der Waals surface area contributed by atoms with Crippen molar-refractivity contribution in [2.24, 2.45) is 5.92 Å². The third-order valence-corrected chi connectivity index (χ3v) is 4.96. The van der Waals surface area contributed by atoms with E-state index in [-0.39, 0.29) is 5.91 Å². The maximum atomic E-state index is 12.5. The van der Waals surface area contributed by atoms with E-state index in [4.69, 9.17) is 0 Å². The number of amides is 1. The van der Waals surface area contributed by atoms with Crippen LogP contribution in [0, 0.1) is 12.8 Å². The topological polar surface area (TPSA) is 35.6 Å². The molecular weight excluding hydrogens is 286 g/mol. The van der Waals surface area contributed by atoms with Gasteiger partial charge in [-0.1, -0.05) is 24.3 Å². The Bertz CT molecular complexity index is 495. The molecule has 4 heteroatoms. The van der Waals surface area contributed by atoms with Gasteiger partial charge < -0.3 is 10.2 Å². The monoisotopic (exact) mass is 317 g/mol. The SMILES string of the molecule is CNCCC1CCN(CC(=O)N(C)Cc2ccccc2C)CC1. The van der Waals surface area contributed by atoms with Gasteiger partial charge in [0.1, 0.15) is 0 Å². The molecule has 1 aromatic rings. The number of carbonyl (C=O) groups is 1. The van der Waals surface area contributed by atoms with E-state index in [1.807, 2.05) is 31.1 Å². The summed E-state index contributed by atoms with van der Waals surface area (Å²) >= 11 is 0. The molecule has 1 heterocycles. The highest BCUT2D eigenvalue weighted by Crippen LogP contribution is 2.20. The van der Waals surface area contributed by atoms with Crippen LogP contribution in [0.4, 0.5) is 0 Å². The number of aryl methyl sites for hydroxylation is 1. The number of rotatable bonds is 7. The van der Waals surface area contributed by atoms with Gasteiger partial charge in [-0.15, -0.1) is 0 Å². The molecule has 2 rings (SSSR count). The van der Waals surface area contributed by atoms with Gasteiger partial charge in [-0.3, -0.25) is 9.69 Å². The quantitative estimate of drug-likeness (QED) is 0.838. The van der Waals surface area contributed by atoms with Crippen molar-refractivity contribution in [3.63, 3.8) is 0 Å². The van der Waals surface area contributed by atoms with Crippen LogP contribution in [-0.4, -0.2) is 56.0 Å². The fraction of sp³-hybridized carbons (Fsp3) is 0.632. The summed E-state index contributed by atoms with van der Waals surface area (Å²) in [6.07, 6.45) is 3.69. The summed E-state index contributed by atoms with van der Waals surface area (Å²) in [6, 6.07) is 8.28. The molecule has 1 aromatic carbocycles. The summed E-state index contributed by atoms with van der Waals surface area (Å²) in [6.45, 7) is 6.56. The summed E-state index contributed by atoms with van der Waals surface area (Å²) in [5.41, 5.74) is 2.48. The fourth-order valence-electron chi connectivity index (χ4n) is 3.22. The Kier molecular flexibility index (Phi) is 7.06. The van der Waals surface area contributed by atoms with Crippen molar-refractivity contribution in [3.05, 3.63) is 35.4 Å². The zero-order valence-corrected chi connectivity index (χ0v) is 14.8. The summed E-state index contributed by atoms with van der Waals surface area (Å²) in [7, 11) is 3.92. The predicted octanol–water partition coefficient (Wildman–Crippen LogP) is 2.27. The van der Waals surface area contributed by atoms with E-state index in [0.29, 0.717) is 13.1 Å². The molecule has 0 saturated carbocycles. The molecule has 0 unspecified atom stereocenters. The Labute approximate surface area is 140 Å². The van der Waals surface area contributed by atoms with E-state index in [0.717, 1.165) is 25.6 Å². The number of nitrogens with zero attached hydrogens (tertiary/aromatic N) is 2. The molecule has 23 heavy (non-hydrogen) atoms. The van der Waals surface area contributed by atoms with Crippen LogP contribution in [0.15, 0.2) is 24.3 Å². The third-order valence-electron chi connectivity index (χ3n) is 4.96. The maximum Gasteiger partial charge on any atom is 0.236 e. The number of likely N-dealkylation sites (N-methyl/N-ethyl adjacent to an activating group) is 1. The van der Waals surface area contributed by atoms with Crippen molar-refractivity contribution in [2.45, 2.75) is 32.7 Å². The average molecular weight is 317 g/mol. The number of hydrogen-bond acceptors (Lipinski definition) is 3. The molecule has 0 aromatic heterocycles. The number of likely N-dealkylation sites (tertiary alicyclic amines) is 1. The molecule has 0 aliphatic carbocycles. The second-order valence-corrected chi connectivity index (χ2v) is 6.79. The molecule has 0 bridgehead atoms. The van der Waals surface area contributed by atoms with E-state index in [1.54, 1.807) is 0 Å². The Morgan fingerprint density at radius 1 is 1.30 bits per heavy atom. The van der Waals surface area contributed by atoms with Crippen LogP contribution in [0.2, 0.25) is 0 Å². The standard InChI is InChI=1S/C19H31N3O/c1-16-6-4-5-7-18(16)14-21(3)19(23)15-22-12-9-17(10-13-22)8-11-20-2/h4-7,17,20H,8-15H2,1-3H3. The highest BCUT2D eigenvalue weighted by Gasteiger charge is 2.21. The lowest BCUT2D eigenvalue weighted by Crippen LogP contribution is -2.42. The Hall–Kier alpha value is -1.39. The van der Waals surface area contributed by atoms with Crippen molar-refractivity contribution >= 4 is 5.91 Å². The van der Waals surface area contributed by atoms with Crippen molar-refractivity contribution < 1.29 is 4.79 Å². The van der Waals surface area contributed by atoms with Crippen LogP contribution in [0.1, 0.15) is 30.4 Å². The first kappa shape index (κ1) is 18.0. The fourth-order valence-corrected chi connectivity index (χ4v) is 3.22. The van der Waals surface area contributed by atoms with Crippen molar-refractivity contribution in [3.8, 4) is 0 Å². The lowest BCUT2D eigenvalue weighted by molar-refractivity contribution is -0.132. The minimum Gasteiger partial charge on any atom is -0.340 e. The van der Waals surface area contributed by atoms with Crippen LogP contribution >= 0.6 is 0 Å². The number of nitrogens with one attached hydrogen (secondary N) is 1. The zero-order valence-electron chi connectivity index (χ0n) is 14.8. The van der Waals surface area contributed by atoms with Crippen molar-refractivity contribution in [1.82, 2.24) is 15.1 Å². The van der Waals surface area contributed by atoms with Gasteiger partial charge in [0.15, 0.2) is 0 Å². The number of piperidine rings is 1. The summed E-state index contributed by atoms with van der Waals surface area (Å²) in [5, 5.41) is 3.23. The number of benzene rings is 1. The molecule has 0 radical (unpaired) electrons. The van der Waals surface area contributed by atoms with E-state index >= 15 is 0 Å². The first-order chi connectivity index (χ1) is 11.1. The molecule has 0 atom stereocenters. The van der Waals surface area contributed by atoms with Crippen LogP contribution < -0.4 is 5.32 Å². The summed E-state index contributed by atoms with van der Waals surface area (Å²) in [4.78, 5) is 16.6. The van der Waals surface area contributed by atoms with Gasteiger partial charge in [-0.05, 0) is 69.9 Å². The van der Waals surface area contributed by atoms with Crippen LogP contribution in [0.3, 0.4) is 0 Å². The summed E-state index contributed by atoms with van der Waals surface area (Å²) < 4.78 is 0. The van der Waals surface area contributed by atoms with Gasteiger partial charge in [0, 0.05) is 13.6 Å². The molecule has 1 saturated heterocycles. The predicted molar refractivity (Wildman–Crippen MR) is 95.4 cm³/mol. The molecule has 1 amide bonds. The zero-order chi connectivity index (χ0) is 16.7. The first-order valence-corrected chi connectivity index (χ1v) is 8.75. The van der Waals surface area contributed by atoms with Gasteiger partial charge in [-0.25, -0.2) is 0 Å². The molecule has 1 fully saturated rings. The Morgan fingerprint density at radius 2 is 2.00 bits per heavy atom. The lowest BCUT2D eigenvalue weighted by atomic mass is 9.93. The van der Waals surface area contributed by atoms with Crippen LogP contribution in [0.5, 0.6) is 0 Å². The second kappa shape index (κ2) is 9.04. The largest absolute Gasteiger partial charge is 0.340 e. The molecule has 1 N–H and O–H groups in total. The molecule has 4 nitrogen and oxygen atoms in total. The van der Waals surface area contributed by atoms with E-state index in [9.17, 15) is 4.79 Å². The number of carbonyl (C=O) groups excluding carboxylic acids is 1. The Balaban J connectivity index is 1.75. The lowest BCUT2D eigenvalue weighted by Gasteiger charge is -2.32. The van der Waals surface area contributed by atoms with Gasteiger partial charge in [0.05, 0.1) is 6.54 Å². The van der Waals surface area contributed by atoms with Crippen LogP contribution in [-0.2, 0) is 11.3 Å².